The summed E-state index contributed by atoms with van der Waals surface area (Å²) in [4.78, 5) is 11.7. The van der Waals surface area contributed by atoms with Crippen LogP contribution in [0, 0.1) is 0 Å². The third-order valence-corrected chi connectivity index (χ3v) is 3.14. The van der Waals surface area contributed by atoms with E-state index in [0.717, 1.165) is 22.1 Å². The van der Waals surface area contributed by atoms with Gasteiger partial charge in [-0.2, -0.15) is 5.10 Å². The van der Waals surface area contributed by atoms with Gasteiger partial charge < -0.3 is 10.7 Å². The van der Waals surface area contributed by atoms with Crippen molar-refractivity contribution in [1.82, 2.24) is 24.7 Å². The van der Waals surface area contributed by atoms with Gasteiger partial charge in [0.1, 0.15) is 5.52 Å². The van der Waals surface area contributed by atoms with E-state index >= 15 is 0 Å². The number of aromatic nitrogens is 5. The van der Waals surface area contributed by atoms with Crippen LogP contribution in [0.5, 0.6) is 0 Å². The summed E-state index contributed by atoms with van der Waals surface area (Å²) >= 11 is 0. The lowest BCUT2D eigenvalue weighted by Crippen LogP contribution is -1.97. The van der Waals surface area contributed by atoms with E-state index in [1.807, 2.05) is 30.5 Å². The molecule has 0 aliphatic rings. The molecule has 0 saturated carbocycles. The molecule has 0 aliphatic heterocycles. The van der Waals surface area contributed by atoms with Gasteiger partial charge in [0.2, 0.25) is 0 Å². The maximum atomic E-state index is 5.92. The van der Waals surface area contributed by atoms with Crippen molar-refractivity contribution in [2.45, 2.75) is 0 Å². The summed E-state index contributed by atoms with van der Waals surface area (Å²) < 4.78 is 1.79. The molecule has 4 aromatic rings. The number of anilines is 1. The van der Waals surface area contributed by atoms with E-state index in [4.69, 9.17) is 5.73 Å². The van der Waals surface area contributed by atoms with Gasteiger partial charge >= 0.3 is 0 Å². The SMILES string of the molecule is Nc1nc2cc(-n3cccn3)ccc2c2[nH]cnc12. The molecule has 3 N–H and O–H groups in total. The number of imidazole rings is 1. The molecule has 0 bridgehead atoms. The van der Waals surface area contributed by atoms with Crippen molar-refractivity contribution in [2.24, 2.45) is 0 Å². The highest BCUT2D eigenvalue weighted by Gasteiger charge is 2.09. The highest BCUT2D eigenvalue weighted by atomic mass is 15.3. The summed E-state index contributed by atoms with van der Waals surface area (Å²) in [5.41, 5.74) is 9.31. The van der Waals surface area contributed by atoms with Gasteiger partial charge in [-0.15, -0.1) is 0 Å². The number of pyridine rings is 1. The maximum absolute atomic E-state index is 5.92. The molecule has 0 aliphatic carbocycles. The van der Waals surface area contributed by atoms with E-state index in [9.17, 15) is 0 Å². The average molecular weight is 250 g/mol. The van der Waals surface area contributed by atoms with E-state index in [1.165, 1.54) is 0 Å². The predicted molar refractivity (Wildman–Crippen MR) is 72.9 cm³/mol. The molecule has 0 amide bonds. The first kappa shape index (κ1) is 10.1. The Bertz CT molecular complexity index is 875. The molecule has 0 radical (unpaired) electrons. The summed E-state index contributed by atoms with van der Waals surface area (Å²) in [6.45, 7) is 0. The first-order valence-electron chi connectivity index (χ1n) is 5.85. The number of H-pyrrole nitrogens is 1. The molecule has 4 rings (SSSR count). The fourth-order valence-corrected chi connectivity index (χ4v) is 2.26. The van der Waals surface area contributed by atoms with E-state index in [-0.39, 0.29) is 0 Å². The Kier molecular flexibility index (Phi) is 1.88. The van der Waals surface area contributed by atoms with Crippen LogP contribution < -0.4 is 5.73 Å². The zero-order valence-corrected chi connectivity index (χ0v) is 9.91. The molecule has 0 saturated heterocycles. The minimum atomic E-state index is 0.432. The standard InChI is InChI=1S/C13H10N6/c14-13-12-11(15-7-16-12)9-3-2-8(6-10(9)18-13)19-5-1-4-17-19/h1-7H,(H2,14,18)(H,15,16). The lowest BCUT2D eigenvalue weighted by Gasteiger charge is -2.05. The van der Waals surface area contributed by atoms with Crippen LogP contribution >= 0.6 is 0 Å². The molecule has 3 aromatic heterocycles. The lowest BCUT2D eigenvalue weighted by atomic mass is 10.1. The molecule has 0 fully saturated rings. The summed E-state index contributed by atoms with van der Waals surface area (Å²) in [5.74, 6) is 0.432. The van der Waals surface area contributed by atoms with Gasteiger partial charge in [-0.1, -0.05) is 0 Å². The zero-order valence-electron chi connectivity index (χ0n) is 9.91. The molecule has 0 atom stereocenters. The molecule has 19 heavy (non-hydrogen) atoms. The number of nitrogens with one attached hydrogen (secondary N) is 1. The number of fused-ring (bicyclic) bond motifs is 3. The fourth-order valence-electron chi connectivity index (χ4n) is 2.26. The Morgan fingerprint density at radius 1 is 1.26 bits per heavy atom. The second kappa shape index (κ2) is 3.55. The van der Waals surface area contributed by atoms with E-state index in [1.54, 1.807) is 17.2 Å². The highest BCUT2D eigenvalue weighted by Crippen LogP contribution is 2.26. The number of nitrogens with two attached hydrogens (primary N) is 1. The molecule has 0 spiro atoms. The molecular formula is C13H10N6. The van der Waals surface area contributed by atoms with Crippen LogP contribution in [0.3, 0.4) is 0 Å². The number of benzene rings is 1. The van der Waals surface area contributed by atoms with Crippen LogP contribution in [-0.2, 0) is 0 Å². The summed E-state index contributed by atoms with van der Waals surface area (Å²) in [5, 5.41) is 5.20. The first-order valence-corrected chi connectivity index (χ1v) is 5.85. The van der Waals surface area contributed by atoms with Gasteiger partial charge in [-0.3, -0.25) is 0 Å². The monoisotopic (exact) mass is 250 g/mol. The smallest absolute Gasteiger partial charge is 0.152 e. The number of aromatic amines is 1. The van der Waals surface area contributed by atoms with Crippen LogP contribution in [-0.4, -0.2) is 24.7 Å². The number of nitrogens with zero attached hydrogens (tertiary/aromatic N) is 4. The van der Waals surface area contributed by atoms with Crippen molar-refractivity contribution in [3.63, 3.8) is 0 Å². The third-order valence-electron chi connectivity index (χ3n) is 3.14. The normalized spacial score (nSPS) is 11.4. The van der Waals surface area contributed by atoms with Crippen LogP contribution in [0.4, 0.5) is 5.82 Å². The second-order valence-electron chi connectivity index (χ2n) is 4.28. The molecule has 6 nitrogen and oxygen atoms in total. The van der Waals surface area contributed by atoms with Crippen molar-refractivity contribution in [1.29, 1.82) is 0 Å². The van der Waals surface area contributed by atoms with Crippen LogP contribution in [0.15, 0.2) is 43.0 Å². The largest absolute Gasteiger partial charge is 0.382 e. The first-order chi connectivity index (χ1) is 9.33. The second-order valence-corrected chi connectivity index (χ2v) is 4.28. The Morgan fingerprint density at radius 2 is 2.21 bits per heavy atom. The zero-order chi connectivity index (χ0) is 12.8. The molecule has 6 heteroatoms. The highest BCUT2D eigenvalue weighted by molar-refractivity contribution is 6.06. The van der Waals surface area contributed by atoms with Gasteiger partial charge in [-0.25, -0.2) is 14.6 Å². The average Bonchev–Trinajstić information content (AvgIpc) is 3.10. The minimum absolute atomic E-state index is 0.432. The van der Waals surface area contributed by atoms with Crippen LogP contribution in [0.25, 0.3) is 27.6 Å². The van der Waals surface area contributed by atoms with Gasteiger partial charge in [0, 0.05) is 17.8 Å². The van der Waals surface area contributed by atoms with Crippen molar-refractivity contribution in [2.75, 3.05) is 5.73 Å². The summed E-state index contributed by atoms with van der Waals surface area (Å²) in [6, 6.07) is 7.83. The summed E-state index contributed by atoms with van der Waals surface area (Å²) in [6.07, 6.45) is 5.26. The number of nitrogen functional groups attached to an aromatic ring is 1. The maximum Gasteiger partial charge on any atom is 0.152 e. The molecule has 92 valence electrons. The number of rotatable bonds is 1. The molecular weight excluding hydrogens is 240 g/mol. The quantitative estimate of drug-likeness (QED) is 0.540. The molecule has 3 heterocycles. The van der Waals surface area contributed by atoms with Gasteiger partial charge in [0.15, 0.2) is 5.82 Å². The van der Waals surface area contributed by atoms with E-state index < -0.39 is 0 Å². The van der Waals surface area contributed by atoms with Crippen molar-refractivity contribution < 1.29 is 0 Å². The lowest BCUT2D eigenvalue weighted by molar-refractivity contribution is 0.882. The van der Waals surface area contributed by atoms with E-state index in [0.29, 0.717) is 11.3 Å². The third kappa shape index (κ3) is 1.40. The van der Waals surface area contributed by atoms with Crippen molar-refractivity contribution in [3.05, 3.63) is 43.0 Å². The Morgan fingerprint density at radius 3 is 3.05 bits per heavy atom. The number of hydrogen-bond acceptors (Lipinski definition) is 4. The molecule has 0 unspecified atom stereocenters. The Hall–Kier alpha value is -2.89. The van der Waals surface area contributed by atoms with Crippen LogP contribution in [0.2, 0.25) is 0 Å². The van der Waals surface area contributed by atoms with Gasteiger partial charge in [0.05, 0.1) is 23.0 Å². The fraction of sp³-hybridized carbons (Fsp3) is 0. The van der Waals surface area contributed by atoms with Crippen molar-refractivity contribution >= 4 is 27.8 Å². The number of hydrogen-bond donors (Lipinski definition) is 2. The van der Waals surface area contributed by atoms with Gasteiger partial charge in [0.25, 0.3) is 0 Å². The van der Waals surface area contributed by atoms with E-state index in [2.05, 4.69) is 20.1 Å². The Balaban J connectivity index is 2.07. The van der Waals surface area contributed by atoms with Gasteiger partial charge in [-0.05, 0) is 24.3 Å². The predicted octanol–water partition coefficient (Wildman–Crippen LogP) is 1.88. The minimum Gasteiger partial charge on any atom is -0.382 e. The Labute approximate surface area is 107 Å². The van der Waals surface area contributed by atoms with Crippen molar-refractivity contribution in [3.8, 4) is 5.69 Å². The van der Waals surface area contributed by atoms with Crippen LogP contribution in [0.1, 0.15) is 0 Å². The topological polar surface area (TPSA) is 85.4 Å². The molecule has 1 aromatic carbocycles. The summed E-state index contributed by atoms with van der Waals surface area (Å²) in [7, 11) is 0.